The van der Waals surface area contributed by atoms with Gasteiger partial charge in [0, 0.05) is 7.11 Å². The Kier molecular flexibility index (Phi) is 4.21. The maximum Gasteiger partial charge on any atom is 0.431 e. The fourth-order valence-electron chi connectivity index (χ4n) is 1.39. The van der Waals surface area contributed by atoms with E-state index in [9.17, 15) is 26.3 Å². The predicted molar refractivity (Wildman–Crippen MR) is 54.1 cm³/mol. The Labute approximate surface area is 111 Å². The van der Waals surface area contributed by atoms with Crippen molar-refractivity contribution in [2.75, 3.05) is 7.11 Å². The molecule has 106 valence electrons. The first-order valence-electron chi connectivity index (χ1n) is 4.50. The van der Waals surface area contributed by atoms with Crippen LogP contribution < -0.4 is 0 Å². The standard InChI is InChI=1S/C9H5BrF6N2O/c1-19-7(10)18-5(3-17)4(8(11,12)13)2-6(18)9(14,15)16/h2,7H,1H3. The Balaban J connectivity index is 3.67. The molecule has 0 aromatic carbocycles. The number of alkyl halides is 7. The summed E-state index contributed by atoms with van der Waals surface area (Å²) in [5, 5.41) is 7.13. The quantitative estimate of drug-likeness (QED) is 0.599. The van der Waals surface area contributed by atoms with Crippen LogP contribution in [0.4, 0.5) is 26.3 Å². The molecule has 1 atom stereocenters. The lowest BCUT2D eigenvalue weighted by Gasteiger charge is -2.17. The van der Waals surface area contributed by atoms with Gasteiger partial charge in [0.25, 0.3) is 0 Å². The summed E-state index contributed by atoms with van der Waals surface area (Å²) < 4.78 is 80.5. The maximum absolute atomic E-state index is 12.7. The van der Waals surface area contributed by atoms with Crippen molar-refractivity contribution < 1.29 is 31.1 Å². The SMILES string of the molecule is COC(Br)n1c(C(F)(F)F)cc(C(F)(F)F)c1C#N. The van der Waals surface area contributed by atoms with Crippen LogP contribution in [0.3, 0.4) is 0 Å². The summed E-state index contributed by atoms with van der Waals surface area (Å²) in [6.07, 6.45) is -10.1. The van der Waals surface area contributed by atoms with Gasteiger partial charge in [0.2, 0.25) is 0 Å². The molecule has 0 saturated carbocycles. The fraction of sp³-hybridized carbons (Fsp3) is 0.444. The average Bonchev–Trinajstić information content (AvgIpc) is 2.66. The Hall–Kier alpha value is -1.21. The number of aromatic nitrogens is 1. The van der Waals surface area contributed by atoms with Crippen LogP contribution in [0.25, 0.3) is 0 Å². The molecule has 3 nitrogen and oxygen atoms in total. The van der Waals surface area contributed by atoms with Gasteiger partial charge in [0.05, 0.1) is 5.56 Å². The van der Waals surface area contributed by atoms with Crippen molar-refractivity contribution in [1.82, 2.24) is 4.57 Å². The second-order valence-corrected chi connectivity index (χ2v) is 4.08. The smallest absolute Gasteiger partial charge is 0.351 e. The van der Waals surface area contributed by atoms with Gasteiger partial charge < -0.3 is 4.74 Å². The molecule has 0 aliphatic heterocycles. The van der Waals surface area contributed by atoms with E-state index >= 15 is 0 Å². The molecule has 0 radical (unpaired) electrons. The molecular weight excluding hydrogens is 346 g/mol. The highest BCUT2D eigenvalue weighted by Gasteiger charge is 2.44. The molecule has 0 N–H and O–H groups in total. The summed E-state index contributed by atoms with van der Waals surface area (Å²) in [7, 11) is 0.980. The Morgan fingerprint density at radius 1 is 1.26 bits per heavy atom. The van der Waals surface area contributed by atoms with Crippen molar-refractivity contribution in [2.24, 2.45) is 0 Å². The first-order chi connectivity index (χ1) is 8.54. The van der Waals surface area contributed by atoms with E-state index in [1.54, 1.807) is 0 Å². The molecule has 0 amide bonds. The molecule has 19 heavy (non-hydrogen) atoms. The number of halogens is 7. The zero-order chi connectivity index (χ0) is 15.0. The minimum Gasteiger partial charge on any atom is -0.351 e. The van der Waals surface area contributed by atoms with E-state index in [2.05, 4.69) is 20.7 Å². The lowest BCUT2D eigenvalue weighted by atomic mass is 10.2. The minimum atomic E-state index is -5.07. The van der Waals surface area contributed by atoms with Gasteiger partial charge in [-0.15, -0.1) is 0 Å². The zero-order valence-corrected chi connectivity index (χ0v) is 10.7. The van der Waals surface area contributed by atoms with Crippen LogP contribution in [0.5, 0.6) is 0 Å². The monoisotopic (exact) mass is 350 g/mol. The van der Waals surface area contributed by atoms with E-state index in [1.165, 1.54) is 0 Å². The van der Waals surface area contributed by atoms with Crippen molar-refractivity contribution in [3.8, 4) is 6.07 Å². The van der Waals surface area contributed by atoms with Crippen LogP contribution in [0.1, 0.15) is 22.1 Å². The van der Waals surface area contributed by atoms with Crippen molar-refractivity contribution in [3.63, 3.8) is 0 Å². The number of hydrogen-bond donors (Lipinski definition) is 0. The lowest BCUT2D eigenvalue weighted by Crippen LogP contribution is -2.17. The summed E-state index contributed by atoms with van der Waals surface area (Å²) in [6, 6.07) is 0.992. The second-order valence-electron chi connectivity index (χ2n) is 3.30. The molecule has 1 unspecified atom stereocenters. The predicted octanol–water partition coefficient (Wildman–Crippen LogP) is 3.89. The van der Waals surface area contributed by atoms with Gasteiger partial charge in [-0.2, -0.15) is 31.6 Å². The molecule has 0 spiro atoms. The van der Waals surface area contributed by atoms with Crippen molar-refractivity contribution in [2.45, 2.75) is 17.5 Å². The maximum atomic E-state index is 12.7. The Morgan fingerprint density at radius 3 is 2.11 bits per heavy atom. The van der Waals surface area contributed by atoms with E-state index in [1.807, 2.05) is 0 Å². The summed E-state index contributed by atoms with van der Waals surface area (Å²) >= 11 is 2.62. The first kappa shape index (κ1) is 15.8. The highest BCUT2D eigenvalue weighted by molar-refractivity contribution is 9.09. The number of nitriles is 1. The highest BCUT2D eigenvalue weighted by atomic mass is 79.9. The molecular formula is C9H5BrF6N2O. The van der Waals surface area contributed by atoms with E-state index in [4.69, 9.17) is 5.26 Å². The van der Waals surface area contributed by atoms with Crippen LogP contribution >= 0.6 is 15.9 Å². The molecule has 0 aliphatic rings. The third kappa shape index (κ3) is 3.03. The lowest BCUT2D eigenvalue weighted by molar-refractivity contribution is -0.146. The molecule has 1 heterocycles. The number of rotatable bonds is 2. The minimum absolute atomic E-state index is 0.100. The van der Waals surface area contributed by atoms with E-state index in [-0.39, 0.29) is 10.6 Å². The molecule has 0 saturated heterocycles. The number of ether oxygens (including phenoxy) is 1. The number of nitrogens with zero attached hydrogens (tertiary/aromatic N) is 2. The van der Waals surface area contributed by atoms with Gasteiger partial charge in [-0.25, -0.2) is 0 Å². The van der Waals surface area contributed by atoms with Gasteiger partial charge in [-0.1, -0.05) is 0 Å². The molecule has 1 aromatic heterocycles. The second kappa shape index (κ2) is 5.05. The van der Waals surface area contributed by atoms with Crippen molar-refractivity contribution in [1.29, 1.82) is 5.26 Å². The van der Waals surface area contributed by atoms with E-state index in [0.29, 0.717) is 0 Å². The molecule has 0 bridgehead atoms. The van der Waals surface area contributed by atoms with Gasteiger partial charge in [0.1, 0.15) is 17.5 Å². The van der Waals surface area contributed by atoms with E-state index < -0.39 is 34.4 Å². The average molecular weight is 351 g/mol. The summed E-state index contributed by atoms with van der Waals surface area (Å²) in [6.45, 7) is 0. The van der Waals surface area contributed by atoms with Crippen molar-refractivity contribution >= 4 is 15.9 Å². The van der Waals surface area contributed by atoms with Gasteiger partial charge >= 0.3 is 12.4 Å². The van der Waals surface area contributed by atoms with Gasteiger partial charge in [0.15, 0.2) is 5.14 Å². The van der Waals surface area contributed by atoms with Gasteiger partial charge in [-0.3, -0.25) is 4.57 Å². The normalized spacial score (nSPS) is 14.3. The Bertz CT molecular complexity index is 512. The zero-order valence-electron chi connectivity index (χ0n) is 9.10. The van der Waals surface area contributed by atoms with Crippen LogP contribution in [0.2, 0.25) is 0 Å². The summed E-state index contributed by atoms with van der Waals surface area (Å²) in [5.74, 6) is 0. The molecule has 0 fully saturated rings. The van der Waals surface area contributed by atoms with Crippen LogP contribution in [0.15, 0.2) is 6.07 Å². The summed E-state index contributed by atoms with van der Waals surface area (Å²) in [4.78, 5) is 0. The fourth-order valence-corrected chi connectivity index (χ4v) is 1.82. The van der Waals surface area contributed by atoms with Crippen LogP contribution in [-0.2, 0) is 17.1 Å². The number of hydrogen-bond acceptors (Lipinski definition) is 2. The molecule has 0 aliphatic carbocycles. The van der Waals surface area contributed by atoms with E-state index in [0.717, 1.165) is 13.2 Å². The molecule has 1 aromatic rings. The topological polar surface area (TPSA) is 38.0 Å². The summed E-state index contributed by atoms with van der Waals surface area (Å²) in [5.41, 5.74) is -4.47. The van der Waals surface area contributed by atoms with Crippen LogP contribution in [-0.4, -0.2) is 11.7 Å². The first-order valence-corrected chi connectivity index (χ1v) is 5.42. The molecule has 10 heteroatoms. The third-order valence-corrected chi connectivity index (χ3v) is 2.92. The third-order valence-electron chi connectivity index (χ3n) is 2.14. The van der Waals surface area contributed by atoms with Gasteiger partial charge in [-0.05, 0) is 22.0 Å². The largest absolute Gasteiger partial charge is 0.431 e. The Morgan fingerprint density at radius 2 is 1.79 bits per heavy atom. The highest BCUT2D eigenvalue weighted by Crippen LogP contribution is 2.41. The van der Waals surface area contributed by atoms with Crippen LogP contribution in [0, 0.1) is 11.3 Å². The van der Waals surface area contributed by atoms with Crippen molar-refractivity contribution in [3.05, 3.63) is 23.0 Å². The number of methoxy groups -OCH3 is 1. The molecule has 1 rings (SSSR count).